The lowest BCUT2D eigenvalue weighted by Crippen LogP contribution is -2.29. The predicted molar refractivity (Wildman–Crippen MR) is 119 cm³/mol. The Morgan fingerprint density at radius 2 is 1.77 bits per heavy atom. The van der Waals surface area contributed by atoms with Crippen molar-refractivity contribution >= 4 is 11.6 Å². The van der Waals surface area contributed by atoms with E-state index < -0.39 is 0 Å². The Hall–Kier alpha value is -3.45. The molecule has 0 radical (unpaired) electrons. The van der Waals surface area contributed by atoms with Crippen LogP contribution in [-0.4, -0.2) is 43.1 Å². The summed E-state index contributed by atoms with van der Waals surface area (Å²) >= 11 is 0. The number of rotatable bonds is 7. The number of carbonyl (C=O) groups excluding carboxylic acids is 1. The summed E-state index contributed by atoms with van der Waals surface area (Å²) in [5.74, 6) is 0.0358. The van der Waals surface area contributed by atoms with Crippen LogP contribution < -0.4 is 5.32 Å². The first kappa shape index (κ1) is 19.5. The lowest BCUT2D eigenvalue weighted by Gasteiger charge is -2.15. The largest absolute Gasteiger partial charge is 0.337 e. The van der Waals surface area contributed by atoms with Crippen molar-refractivity contribution < 1.29 is 4.79 Å². The Morgan fingerprint density at radius 3 is 2.61 bits per heavy atom. The van der Waals surface area contributed by atoms with E-state index in [1.807, 2.05) is 62.8 Å². The van der Waals surface area contributed by atoms with Crippen LogP contribution in [0.2, 0.25) is 0 Å². The number of imidazole rings is 1. The molecule has 0 saturated carbocycles. The van der Waals surface area contributed by atoms with Crippen molar-refractivity contribution in [1.82, 2.24) is 29.4 Å². The molecule has 3 aromatic heterocycles. The van der Waals surface area contributed by atoms with E-state index in [9.17, 15) is 4.79 Å². The Morgan fingerprint density at radius 1 is 0.968 bits per heavy atom. The number of hydrogen-bond donors (Lipinski definition) is 1. The maximum atomic E-state index is 13.1. The SMILES string of the molecule is O=C(c1nc2ccccn2c1CNCc1cnn(Cc2ccccc2)c1)N1CCCC1. The van der Waals surface area contributed by atoms with Gasteiger partial charge in [0.25, 0.3) is 5.91 Å². The van der Waals surface area contributed by atoms with Crippen molar-refractivity contribution in [2.75, 3.05) is 13.1 Å². The van der Waals surface area contributed by atoms with E-state index in [1.165, 1.54) is 5.56 Å². The molecule has 1 aliphatic rings. The van der Waals surface area contributed by atoms with Crippen LogP contribution in [0.25, 0.3) is 5.65 Å². The number of fused-ring (bicyclic) bond motifs is 1. The van der Waals surface area contributed by atoms with Gasteiger partial charge in [-0.2, -0.15) is 5.10 Å². The van der Waals surface area contributed by atoms with Crippen LogP contribution >= 0.6 is 0 Å². The van der Waals surface area contributed by atoms with Crippen LogP contribution in [0.15, 0.2) is 67.1 Å². The van der Waals surface area contributed by atoms with Gasteiger partial charge in [0.2, 0.25) is 0 Å². The zero-order valence-corrected chi connectivity index (χ0v) is 17.4. The fraction of sp³-hybridized carbons (Fsp3) is 0.292. The van der Waals surface area contributed by atoms with Crippen LogP contribution in [-0.2, 0) is 19.6 Å². The summed E-state index contributed by atoms with van der Waals surface area (Å²) in [7, 11) is 0. The van der Waals surface area contributed by atoms with E-state index in [4.69, 9.17) is 0 Å². The minimum atomic E-state index is 0.0358. The van der Waals surface area contributed by atoms with Crippen LogP contribution in [0.5, 0.6) is 0 Å². The molecule has 0 aliphatic carbocycles. The number of hydrogen-bond acceptors (Lipinski definition) is 4. The maximum Gasteiger partial charge on any atom is 0.274 e. The molecule has 4 aromatic rings. The van der Waals surface area contributed by atoms with Gasteiger partial charge in [-0.05, 0) is 30.5 Å². The van der Waals surface area contributed by atoms with Crippen molar-refractivity contribution in [3.63, 3.8) is 0 Å². The normalized spacial score (nSPS) is 13.9. The molecule has 1 aliphatic heterocycles. The topological polar surface area (TPSA) is 67.5 Å². The molecule has 7 nitrogen and oxygen atoms in total. The van der Waals surface area contributed by atoms with Gasteiger partial charge in [0.1, 0.15) is 5.65 Å². The number of nitrogens with one attached hydrogen (secondary N) is 1. The van der Waals surface area contributed by atoms with Crippen LogP contribution in [0.4, 0.5) is 0 Å². The molecule has 4 heterocycles. The van der Waals surface area contributed by atoms with Gasteiger partial charge in [0.05, 0.1) is 18.4 Å². The summed E-state index contributed by atoms with van der Waals surface area (Å²) in [6.45, 7) is 3.62. The quantitative estimate of drug-likeness (QED) is 0.505. The highest BCUT2D eigenvalue weighted by molar-refractivity contribution is 5.94. The first-order valence-electron chi connectivity index (χ1n) is 10.8. The van der Waals surface area contributed by atoms with E-state index in [0.717, 1.165) is 49.4 Å². The molecule has 1 fully saturated rings. The average molecular weight is 415 g/mol. The van der Waals surface area contributed by atoms with Gasteiger partial charge < -0.3 is 14.6 Å². The van der Waals surface area contributed by atoms with Gasteiger partial charge in [-0.3, -0.25) is 9.48 Å². The van der Waals surface area contributed by atoms with Gasteiger partial charge in [0, 0.05) is 44.1 Å². The molecule has 31 heavy (non-hydrogen) atoms. The van der Waals surface area contributed by atoms with Crippen LogP contribution in [0, 0.1) is 0 Å². The lowest BCUT2D eigenvalue weighted by atomic mass is 10.2. The van der Waals surface area contributed by atoms with Crippen molar-refractivity contribution in [2.45, 2.75) is 32.5 Å². The first-order valence-corrected chi connectivity index (χ1v) is 10.8. The molecule has 0 unspecified atom stereocenters. The van der Waals surface area contributed by atoms with Gasteiger partial charge in [-0.15, -0.1) is 0 Å². The summed E-state index contributed by atoms with van der Waals surface area (Å²) < 4.78 is 3.96. The van der Waals surface area contributed by atoms with Gasteiger partial charge in [-0.25, -0.2) is 4.98 Å². The summed E-state index contributed by atoms with van der Waals surface area (Å²) in [6, 6.07) is 16.2. The monoisotopic (exact) mass is 414 g/mol. The molecule has 1 N–H and O–H groups in total. The molecule has 158 valence electrons. The summed E-state index contributed by atoms with van der Waals surface area (Å²) in [4.78, 5) is 19.6. The molecular formula is C24H26N6O. The Bertz CT molecular complexity index is 1170. The zero-order valence-electron chi connectivity index (χ0n) is 17.4. The summed E-state index contributed by atoms with van der Waals surface area (Å²) in [5, 5.41) is 7.95. The molecule has 1 saturated heterocycles. The third kappa shape index (κ3) is 4.22. The van der Waals surface area contributed by atoms with Crippen LogP contribution in [0.3, 0.4) is 0 Å². The molecule has 0 atom stereocenters. The fourth-order valence-electron chi connectivity index (χ4n) is 4.14. The molecule has 1 aromatic carbocycles. The highest BCUT2D eigenvalue weighted by Gasteiger charge is 2.25. The molecule has 0 spiro atoms. The molecule has 7 heteroatoms. The van der Waals surface area contributed by atoms with Crippen molar-refractivity contribution in [1.29, 1.82) is 0 Å². The Labute approximate surface area is 181 Å². The Balaban J connectivity index is 1.28. The Kier molecular flexibility index (Phi) is 5.50. The second-order valence-electron chi connectivity index (χ2n) is 7.97. The van der Waals surface area contributed by atoms with Crippen molar-refractivity contribution in [3.8, 4) is 0 Å². The van der Waals surface area contributed by atoms with Crippen molar-refractivity contribution in [3.05, 3.63) is 89.6 Å². The van der Waals surface area contributed by atoms with E-state index in [0.29, 0.717) is 18.8 Å². The first-order chi connectivity index (χ1) is 15.3. The van der Waals surface area contributed by atoms with E-state index >= 15 is 0 Å². The number of nitrogens with zero attached hydrogens (tertiary/aromatic N) is 5. The van der Waals surface area contributed by atoms with E-state index in [-0.39, 0.29) is 5.91 Å². The van der Waals surface area contributed by atoms with Crippen LogP contribution in [0.1, 0.15) is 40.2 Å². The number of carbonyl (C=O) groups is 1. The number of amides is 1. The summed E-state index contributed by atoms with van der Waals surface area (Å²) in [6.07, 6.45) is 8.06. The smallest absolute Gasteiger partial charge is 0.274 e. The minimum absolute atomic E-state index is 0.0358. The van der Waals surface area contributed by atoms with E-state index in [2.05, 4.69) is 33.7 Å². The molecule has 1 amide bonds. The van der Waals surface area contributed by atoms with Crippen molar-refractivity contribution in [2.24, 2.45) is 0 Å². The van der Waals surface area contributed by atoms with Gasteiger partial charge in [-0.1, -0.05) is 36.4 Å². The molecular weight excluding hydrogens is 388 g/mol. The lowest BCUT2D eigenvalue weighted by molar-refractivity contribution is 0.0786. The van der Waals surface area contributed by atoms with E-state index in [1.54, 1.807) is 0 Å². The summed E-state index contributed by atoms with van der Waals surface area (Å²) in [5.41, 5.74) is 4.60. The number of aromatic nitrogens is 4. The number of pyridine rings is 1. The maximum absolute atomic E-state index is 13.1. The minimum Gasteiger partial charge on any atom is -0.337 e. The predicted octanol–water partition coefficient (Wildman–Crippen LogP) is 3.10. The second-order valence-corrected chi connectivity index (χ2v) is 7.97. The average Bonchev–Trinajstić information content (AvgIpc) is 3.55. The number of benzene rings is 1. The molecule has 5 rings (SSSR count). The highest BCUT2D eigenvalue weighted by atomic mass is 16.2. The zero-order chi connectivity index (χ0) is 21.0. The van der Waals surface area contributed by atoms with Gasteiger partial charge >= 0.3 is 0 Å². The third-order valence-electron chi connectivity index (χ3n) is 5.72. The highest BCUT2D eigenvalue weighted by Crippen LogP contribution is 2.18. The number of likely N-dealkylation sites (tertiary alicyclic amines) is 1. The fourth-order valence-corrected chi connectivity index (χ4v) is 4.14. The van der Waals surface area contributed by atoms with Gasteiger partial charge in [0.15, 0.2) is 5.69 Å². The molecule has 0 bridgehead atoms. The standard InChI is InChI=1S/C24H26N6O/c31-24(28-11-6-7-12-28)23-21(30-13-5-4-10-22(30)27-23)16-25-14-20-15-26-29(18-20)17-19-8-2-1-3-9-19/h1-5,8-10,13,15,18,25H,6-7,11-12,14,16-17H2. The second kappa shape index (κ2) is 8.73. The third-order valence-corrected chi connectivity index (χ3v) is 5.72.